The Balaban J connectivity index is 1.96. The zero-order valence-electron chi connectivity index (χ0n) is 11.8. The lowest BCUT2D eigenvalue weighted by Crippen LogP contribution is -2.43. The van der Waals surface area contributed by atoms with Crippen LogP contribution in [0.1, 0.15) is 25.3 Å². The average Bonchev–Trinajstić information content (AvgIpc) is 2.37. The van der Waals surface area contributed by atoms with Gasteiger partial charge in [-0.2, -0.15) is 0 Å². The minimum absolute atomic E-state index is 0.385. The van der Waals surface area contributed by atoms with Crippen molar-refractivity contribution in [3.63, 3.8) is 0 Å². The number of methoxy groups -OCH3 is 1. The fourth-order valence-electron chi connectivity index (χ4n) is 2.30. The van der Waals surface area contributed by atoms with Crippen molar-refractivity contribution in [3.8, 4) is 0 Å². The molecule has 1 N–H and O–H groups in total. The lowest BCUT2D eigenvalue weighted by molar-refractivity contribution is -0.0585. The number of anilines is 1. The van der Waals surface area contributed by atoms with Crippen LogP contribution in [0.5, 0.6) is 0 Å². The smallest absolute Gasteiger partial charge is 0.229 e. The second-order valence-corrected chi connectivity index (χ2v) is 5.15. The first-order valence-corrected chi connectivity index (χ1v) is 6.51. The summed E-state index contributed by atoms with van der Waals surface area (Å²) in [6, 6.07) is 0. The van der Waals surface area contributed by atoms with E-state index in [2.05, 4.69) is 16.9 Å². The SMILES string of the molecule is CCc1cnc(N(C)C=C2CC(O)(COC)C2)nc1. The van der Waals surface area contributed by atoms with Gasteiger partial charge >= 0.3 is 0 Å². The number of ether oxygens (including phenoxy) is 1. The second-order valence-electron chi connectivity index (χ2n) is 5.15. The Hall–Kier alpha value is -1.46. The molecule has 5 nitrogen and oxygen atoms in total. The zero-order valence-corrected chi connectivity index (χ0v) is 11.8. The monoisotopic (exact) mass is 263 g/mol. The summed E-state index contributed by atoms with van der Waals surface area (Å²) in [5, 5.41) is 10.0. The summed E-state index contributed by atoms with van der Waals surface area (Å²) < 4.78 is 5.00. The highest BCUT2D eigenvalue weighted by atomic mass is 16.5. The molecule has 1 fully saturated rings. The molecule has 1 saturated carbocycles. The van der Waals surface area contributed by atoms with Crippen LogP contribution >= 0.6 is 0 Å². The number of nitrogens with zero attached hydrogens (tertiary/aromatic N) is 3. The number of aromatic nitrogens is 2. The highest BCUT2D eigenvalue weighted by Gasteiger charge is 2.38. The molecule has 2 rings (SSSR count). The quantitative estimate of drug-likeness (QED) is 0.873. The maximum absolute atomic E-state index is 10.0. The van der Waals surface area contributed by atoms with Crippen LogP contribution < -0.4 is 4.90 Å². The molecule has 104 valence electrons. The van der Waals surface area contributed by atoms with Crippen LogP contribution in [-0.4, -0.2) is 41.4 Å². The molecule has 1 aromatic rings. The molecule has 19 heavy (non-hydrogen) atoms. The van der Waals surface area contributed by atoms with Crippen LogP contribution in [0.25, 0.3) is 0 Å². The van der Waals surface area contributed by atoms with E-state index in [1.165, 1.54) is 5.57 Å². The molecule has 1 aliphatic rings. The maximum atomic E-state index is 10.0. The molecule has 0 bridgehead atoms. The fraction of sp³-hybridized carbons (Fsp3) is 0.571. The first kappa shape index (κ1) is 14.0. The van der Waals surface area contributed by atoms with Crippen molar-refractivity contribution < 1.29 is 9.84 Å². The van der Waals surface area contributed by atoms with E-state index in [0.29, 0.717) is 25.4 Å². The molecule has 0 aliphatic heterocycles. The summed E-state index contributed by atoms with van der Waals surface area (Å²) in [5.41, 5.74) is 1.63. The van der Waals surface area contributed by atoms with Gasteiger partial charge < -0.3 is 14.7 Å². The molecule has 1 aliphatic carbocycles. The molecule has 1 aromatic heterocycles. The first-order valence-electron chi connectivity index (χ1n) is 6.51. The van der Waals surface area contributed by atoms with Gasteiger partial charge in [0.2, 0.25) is 5.95 Å². The van der Waals surface area contributed by atoms with E-state index in [-0.39, 0.29) is 0 Å². The van der Waals surface area contributed by atoms with E-state index in [4.69, 9.17) is 4.74 Å². The van der Waals surface area contributed by atoms with Crippen molar-refractivity contribution in [2.45, 2.75) is 31.8 Å². The Morgan fingerprint density at radius 2 is 2.05 bits per heavy atom. The molecule has 0 unspecified atom stereocenters. The summed E-state index contributed by atoms with van der Waals surface area (Å²) in [6.45, 7) is 2.46. The molecular formula is C14H21N3O2. The summed E-state index contributed by atoms with van der Waals surface area (Å²) in [5.74, 6) is 0.673. The van der Waals surface area contributed by atoms with E-state index < -0.39 is 5.60 Å². The Morgan fingerprint density at radius 1 is 1.42 bits per heavy atom. The van der Waals surface area contributed by atoms with Crippen LogP contribution in [0.15, 0.2) is 24.2 Å². The summed E-state index contributed by atoms with van der Waals surface area (Å²) in [6.07, 6.45) is 7.93. The van der Waals surface area contributed by atoms with Crippen molar-refractivity contribution in [2.24, 2.45) is 0 Å². The predicted octanol–water partition coefficient (Wildman–Crippen LogP) is 1.53. The second kappa shape index (κ2) is 5.67. The Bertz CT molecular complexity index is 448. The number of rotatable bonds is 5. The van der Waals surface area contributed by atoms with Crippen molar-refractivity contribution in [1.82, 2.24) is 9.97 Å². The van der Waals surface area contributed by atoms with Gasteiger partial charge in [-0.25, -0.2) is 9.97 Å². The molecule has 0 saturated heterocycles. The van der Waals surface area contributed by atoms with Gasteiger partial charge in [-0.05, 0) is 17.6 Å². The maximum Gasteiger partial charge on any atom is 0.229 e. The number of hydrogen-bond acceptors (Lipinski definition) is 5. The third-order valence-corrected chi connectivity index (χ3v) is 3.32. The van der Waals surface area contributed by atoms with Crippen LogP contribution in [0.2, 0.25) is 0 Å². The Labute approximate surface area is 113 Å². The van der Waals surface area contributed by atoms with E-state index in [9.17, 15) is 5.11 Å². The van der Waals surface area contributed by atoms with E-state index in [1.54, 1.807) is 7.11 Å². The topological polar surface area (TPSA) is 58.5 Å². The number of aliphatic hydroxyl groups is 1. The molecule has 0 atom stereocenters. The minimum Gasteiger partial charge on any atom is -0.387 e. The normalized spacial score (nSPS) is 22.0. The molecular weight excluding hydrogens is 242 g/mol. The van der Waals surface area contributed by atoms with Gasteiger partial charge in [0, 0.05) is 45.6 Å². The summed E-state index contributed by atoms with van der Waals surface area (Å²) >= 11 is 0. The summed E-state index contributed by atoms with van der Waals surface area (Å²) in [4.78, 5) is 10.5. The highest BCUT2D eigenvalue weighted by molar-refractivity contribution is 5.36. The first-order chi connectivity index (χ1) is 9.06. The van der Waals surface area contributed by atoms with Gasteiger partial charge in [0.1, 0.15) is 0 Å². The Kier molecular flexibility index (Phi) is 4.17. The van der Waals surface area contributed by atoms with Crippen LogP contribution in [0.4, 0.5) is 5.95 Å². The van der Waals surface area contributed by atoms with E-state index >= 15 is 0 Å². The lowest BCUT2D eigenvalue weighted by Gasteiger charge is -2.39. The van der Waals surface area contributed by atoms with Gasteiger partial charge in [0.05, 0.1) is 12.2 Å². The fourth-order valence-corrected chi connectivity index (χ4v) is 2.30. The third kappa shape index (κ3) is 3.30. The number of hydrogen-bond donors (Lipinski definition) is 1. The average molecular weight is 263 g/mol. The molecule has 0 spiro atoms. The number of aryl methyl sites for hydroxylation is 1. The molecule has 0 radical (unpaired) electrons. The van der Waals surface area contributed by atoms with Crippen LogP contribution in [0.3, 0.4) is 0 Å². The van der Waals surface area contributed by atoms with E-state index in [0.717, 1.165) is 12.0 Å². The summed E-state index contributed by atoms with van der Waals surface area (Å²) in [7, 11) is 3.52. The van der Waals surface area contributed by atoms with E-state index in [1.807, 2.05) is 30.5 Å². The van der Waals surface area contributed by atoms with Crippen molar-refractivity contribution >= 4 is 5.95 Å². The lowest BCUT2D eigenvalue weighted by atomic mass is 9.76. The van der Waals surface area contributed by atoms with Gasteiger partial charge in [0.15, 0.2) is 0 Å². The molecule has 0 amide bonds. The Morgan fingerprint density at radius 3 is 2.58 bits per heavy atom. The zero-order chi connectivity index (χ0) is 13.9. The molecule has 1 heterocycles. The van der Waals surface area contributed by atoms with Crippen LogP contribution in [-0.2, 0) is 11.2 Å². The van der Waals surface area contributed by atoms with Gasteiger partial charge in [-0.1, -0.05) is 6.92 Å². The van der Waals surface area contributed by atoms with Crippen molar-refractivity contribution in [1.29, 1.82) is 0 Å². The van der Waals surface area contributed by atoms with Gasteiger partial charge in [0.25, 0.3) is 0 Å². The van der Waals surface area contributed by atoms with Gasteiger partial charge in [-0.3, -0.25) is 0 Å². The van der Waals surface area contributed by atoms with Crippen molar-refractivity contribution in [2.75, 3.05) is 25.7 Å². The minimum atomic E-state index is -0.686. The third-order valence-electron chi connectivity index (χ3n) is 3.32. The molecule has 0 aromatic carbocycles. The van der Waals surface area contributed by atoms with Gasteiger partial charge in [-0.15, -0.1) is 0 Å². The highest BCUT2D eigenvalue weighted by Crippen LogP contribution is 2.37. The van der Waals surface area contributed by atoms with Crippen molar-refractivity contribution in [3.05, 3.63) is 29.7 Å². The largest absolute Gasteiger partial charge is 0.387 e. The van der Waals surface area contributed by atoms with Crippen LogP contribution in [0, 0.1) is 0 Å². The molecule has 5 heteroatoms. The predicted molar refractivity (Wildman–Crippen MR) is 74.0 cm³/mol. The standard InChI is InChI=1S/C14H21N3O2/c1-4-11-7-15-13(16-8-11)17(2)9-12-5-14(18,6-12)10-19-3/h7-9,18H,4-6,10H2,1-3H3.